The van der Waals surface area contributed by atoms with Gasteiger partial charge < -0.3 is 5.11 Å². The smallest absolute Gasteiger partial charge is 0.335 e. The number of benzene rings is 1. The molecule has 21 heavy (non-hydrogen) atoms. The lowest BCUT2D eigenvalue weighted by Gasteiger charge is -2.32. The number of aromatic carboxylic acids is 1. The fourth-order valence-corrected chi connectivity index (χ4v) is 3.91. The molecule has 2 nitrogen and oxygen atoms in total. The van der Waals surface area contributed by atoms with Crippen molar-refractivity contribution in [2.75, 3.05) is 0 Å². The van der Waals surface area contributed by atoms with Gasteiger partial charge in [-0.3, -0.25) is 0 Å². The van der Waals surface area contributed by atoms with Crippen molar-refractivity contribution in [1.29, 1.82) is 0 Å². The molecule has 0 spiro atoms. The SMILES string of the molecule is Cc1ccsc1C1=CCC(C)(C)c2ccc(C(=O)O)cc21. The van der Waals surface area contributed by atoms with Crippen LogP contribution in [0.25, 0.3) is 5.57 Å². The van der Waals surface area contributed by atoms with Gasteiger partial charge in [0.05, 0.1) is 5.56 Å². The molecular formula is C18H18O2S. The minimum atomic E-state index is -0.872. The molecule has 0 saturated carbocycles. The molecule has 3 rings (SSSR count). The highest BCUT2D eigenvalue weighted by atomic mass is 32.1. The molecule has 1 N–H and O–H groups in total. The average Bonchev–Trinajstić information content (AvgIpc) is 2.84. The van der Waals surface area contributed by atoms with Crippen LogP contribution in [0, 0.1) is 6.92 Å². The second-order valence-corrected chi connectivity index (χ2v) is 7.12. The molecule has 1 aromatic carbocycles. The van der Waals surface area contributed by atoms with E-state index in [1.54, 1.807) is 17.4 Å². The van der Waals surface area contributed by atoms with Gasteiger partial charge in [-0.25, -0.2) is 4.79 Å². The van der Waals surface area contributed by atoms with Gasteiger partial charge in [-0.15, -0.1) is 11.3 Å². The minimum absolute atomic E-state index is 0.0427. The van der Waals surface area contributed by atoms with E-state index in [2.05, 4.69) is 38.3 Å². The summed E-state index contributed by atoms with van der Waals surface area (Å²) in [5.41, 5.74) is 5.12. The summed E-state index contributed by atoms with van der Waals surface area (Å²) in [4.78, 5) is 12.5. The van der Waals surface area contributed by atoms with Crippen LogP contribution in [0.1, 0.15) is 52.2 Å². The Kier molecular flexibility index (Phi) is 3.25. The summed E-state index contributed by atoms with van der Waals surface area (Å²) in [7, 11) is 0. The van der Waals surface area contributed by atoms with Crippen molar-refractivity contribution in [1.82, 2.24) is 0 Å². The van der Waals surface area contributed by atoms with Gasteiger partial charge in [0, 0.05) is 4.88 Å². The molecule has 0 unspecified atom stereocenters. The highest BCUT2D eigenvalue weighted by molar-refractivity contribution is 7.11. The second-order valence-electron chi connectivity index (χ2n) is 6.20. The van der Waals surface area contributed by atoms with E-state index in [4.69, 9.17) is 0 Å². The highest BCUT2D eigenvalue weighted by Gasteiger charge is 2.29. The number of thiophene rings is 1. The quantitative estimate of drug-likeness (QED) is 0.859. The summed E-state index contributed by atoms with van der Waals surface area (Å²) in [6.07, 6.45) is 3.23. The van der Waals surface area contributed by atoms with Crippen molar-refractivity contribution < 1.29 is 9.90 Å². The number of allylic oxidation sites excluding steroid dienone is 1. The monoisotopic (exact) mass is 298 g/mol. The lowest BCUT2D eigenvalue weighted by atomic mass is 9.72. The van der Waals surface area contributed by atoms with Gasteiger partial charge in [-0.05, 0) is 64.6 Å². The number of aryl methyl sites for hydroxylation is 1. The largest absolute Gasteiger partial charge is 0.478 e. The first-order valence-electron chi connectivity index (χ1n) is 7.03. The third kappa shape index (κ3) is 2.32. The van der Waals surface area contributed by atoms with Gasteiger partial charge in [0.1, 0.15) is 0 Å². The number of hydrogen-bond donors (Lipinski definition) is 1. The number of rotatable bonds is 2. The van der Waals surface area contributed by atoms with Crippen molar-refractivity contribution in [3.63, 3.8) is 0 Å². The summed E-state index contributed by atoms with van der Waals surface area (Å²) in [5.74, 6) is -0.872. The molecule has 3 heteroatoms. The fourth-order valence-electron chi connectivity index (χ4n) is 2.93. The number of carboxylic acids is 1. The Morgan fingerprint density at radius 1 is 1.29 bits per heavy atom. The predicted octanol–water partition coefficient (Wildman–Crippen LogP) is 4.87. The van der Waals surface area contributed by atoms with E-state index in [9.17, 15) is 9.90 Å². The van der Waals surface area contributed by atoms with Crippen LogP contribution in [0.3, 0.4) is 0 Å². The van der Waals surface area contributed by atoms with Crippen LogP contribution in [-0.2, 0) is 5.41 Å². The Labute approximate surface area is 128 Å². The van der Waals surface area contributed by atoms with Gasteiger partial charge >= 0.3 is 5.97 Å². The molecule has 1 aromatic heterocycles. The van der Waals surface area contributed by atoms with E-state index < -0.39 is 5.97 Å². The standard InChI is InChI=1S/C18H18O2S/c1-11-7-9-21-16(11)13-6-8-18(2,3)15-5-4-12(17(19)20)10-14(13)15/h4-7,9-10H,8H2,1-3H3,(H,19,20). The van der Waals surface area contributed by atoms with Crippen LogP contribution in [0.5, 0.6) is 0 Å². The first kappa shape index (κ1) is 14.1. The number of fused-ring (bicyclic) bond motifs is 1. The topological polar surface area (TPSA) is 37.3 Å². The van der Waals surface area contributed by atoms with Crippen molar-refractivity contribution in [3.05, 3.63) is 62.9 Å². The summed E-state index contributed by atoms with van der Waals surface area (Å²) in [6.45, 7) is 6.52. The van der Waals surface area contributed by atoms with Crippen LogP contribution >= 0.6 is 11.3 Å². The molecule has 0 aliphatic heterocycles. The maximum absolute atomic E-state index is 11.3. The Morgan fingerprint density at radius 3 is 2.67 bits per heavy atom. The van der Waals surface area contributed by atoms with Crippen LogP contribution in [0.2, 0.25) is 0 Å². The third-order valence-electron chi connectivity index (χ3n) is 4.21. The Hall–Kier alpha value is -1.87. The molecule has 108 valence electrons. The minimum Gasteiger partial charge on any atom is -0.478 e. The fraction of sp³-hybridized carbons (Fsp3) is 0.278. The first-order chi connectivity index (χ1) is 9.90. The van der Waals surface area contributed by atoms with E-state index in [0.717, 1.165) is 12.0 Å². The van der Waals surface area contributed by atoms with Gasteiger partial charge in [0.25, 0.3) is 0 Å². The average molecular weight is 298 g/mol. The van der Waals surface area contributed by atoms with Gasteiger partial charge in [-0.1, -0.05) is 26.0 Å². The lowest BCUT2D eigenvalue weighted by Crippen LogP contribution is -2.22. The van der Waals surface area contributed by atoms with Crippen molar-refractivity contribution in [3.8, 4) is 0 Å². The van der Waals surface area contributed by atoms with E-state index in [1.807, 2.05) is 12.1 Å². The van der Waals surface area contributed by atoms with Crippen LogP contribution in [-0.4, -0.2) is 11.1 Å². The van der Waals surface area contributed by atoms with Crippen molar-refractivity contribution in [2.45, 2.75) is 32.6 Å². The molecule has 2 aromatic rings. The molecule has 1 aliphatic carbocycles. The van der Waals surface area contributed by atoms with Crippen LogP contribution in [0.4, 0.5) is 0 Å². The Balaban J connectivity index is 2.23. The van der Waals surface area contributed by atoms with Crippen LogP contribution in [0.15, 0.2) is 35.7 Å². The maximum atomic E-state index is 11.3. The van der Waals surface area contributed by atoms with Gasteiger partial charge in [0.15, 0.2) is 0 Å². The molecule has 0 fully saturated rings. The lowest BCUT2D eigenvalue weighted by molar-refractivity contribution is 0.0697. The van der Waals surface area contributed by atoms with Crippen molar-refractivity contribution in [2.24, 2.45) is 0 Å². The summed E-state index contributed by atoms with van der Waals surface area (Å²) < 4.78 is 0. The Morgan fingerprint density at radius 2 is 2.05 bits per heavy atom. The first-order valence-corrected chi connectivity index (χ1v) is 7.91. The van der Waals surface area contributed by atoms with Crippen molar-refractivity contribution >= 4 is 22.9 Å². The summed E-state index contributed by atoms with van der Waals surface area (Å²) in [6, 6.07) is 7.63. The summed E-state index contributed by atoms with van der Waals surface area (Å²) >= 11 is 1.72. The Bertz CT molecular complexity index is 750. The van der Waals surface area contributed by atoms with E-state index in [0.29, 0.717) is 5.56 Å². The van der Waals surface area contributed by atoms with E-state index >= 15 is 0 Å². The zero-order chi connectivity index (χ0) is 15.2. The second kappa shape index (κ2) is 4.85. The molecule has 1 aliphatic rings. The highest BCUT2D eigenvalue weighted by Crippen LogP contribution is 2.43. The molecular weight excluding hydrogens is 280 g/mol. The number of carboxylic acid groups (broad SMARTS) is 1. The molecule has 0 amide bonds. The molecule has 1 heterocycles. The molecule has 0 radical (unpaired) electrons. The predicted molar refractivity (Wildman–Crippen MR) is 87.2 cm³/mol. The zero-order valence-electron chi connectivity index (χ0n) is 12.4. The van der Waals surface area contributed by atoms with Crippen LogP contribution < -0.4 is 0 Å². The van der Waals surface area contributed by atoms with Gasteiger partial charge in [0.2, 0.25) is 0 Å². The van der Waals surface area contributed by atoms with E-state index in [1.165, 1.54) is 21.6 Å². The summed E-state index contributed by atoms with van der Waals surface area (Å²) in [5, 5.41) is 11.4. The number of carbonyl (C=O) groups is 1. The molecule has 0 bridgehead atoms. The maximum Gasteiger partial charge on any atom is 0.335 e. The number of hydrogen-bond acceptors (Lipinski definition) is 2. The third-order valence-corrected chi connectivity index (χ3v) is 5.26. The zero-order valence-corrected chi connectivity index (χ0v) is 13.3. The molecule has 0 atom stereocenters. The molecule has 0 saturated heterocycles. The van der Waals surface area contributed by atoms with E-state index in [-0.39, 0.29) is 5.41 Å². The normalized spacial score (nSPS) is 16.2. The van der Waals surface area contributed by atoms with Gasteiger partial charge in [-0.2, -0.15) is 0 Å².